The van der Waals surface area contributed by atoms with Crippen molar-refractivity contribution in [2.45, 2.75) is 70.4 Å². The molecule has 0 saturated heterocycles. The Labute approximate surface area is 269 Å². The summed E-state index contributed by atoms with van der Waals surface area (Å²) >= 11 is 0. The fourth-order valence-corrected chi connectivity index (χ4v) is 6.01. The number of ether oxygens (including phenoxy) is 5. The molecule has 2 heterocycles. The van der Waals surface area contributed by atoms with Crippen LogP contribution in [0.1, 0.15) is 54.6 Å². The van der Waals surface area contributed by atoms with Crippen molar-refractivity contribution in [3.05, 3.63) is 88.5 Å². The highest BCUT2D eigenvalue weighted by atomic mass is 16.6. The third-order valence-electron chi connectivity index (χ3n) is 8.11. The van der Waals surface area contributed by atoms with E-state index in [4.69, 9.17) is 23.7 Å². The summed E-state index contributed by atoms with van der Waals surface area (Å²) in [7, 11) is 3.08. The fourth-order valence-electron chi connectivity index (χ4n) is 6.01. The van der Waals surface area contributed by atoms with E-state index >= 15 is 0 Å². The van der Waals surface area contributed by atoms with Gasteiger partial charge in [0.15, 0.2) is 11.5 Å². The Hall–Kier alpha value is -4.57. The number of rotatable bonds is 11. The zero-order valence-corrected chi connectivity index (χ0v) is 27.0. The first-order valence-corrected chi connectivity index (χ1v) is 15.5. The SMILES string of the molecule is COc1ccc(C[C@H](NC(=O)OC(C)(C)C)C(=O)N2C(COCc3ccccc3)c3cc4c(cc3C[C@H]2C=O)OCC4)cc1OC. The van der Waals surface area contributed by atoms with Crippen molar-refractivity contribution in [1.82, 2.24) is 10.2 Å². The van der Waals surface area contributed by atoms with Gasteiger partial charge in [-0.2, -0.15) is 0 Å². The summed E-state index contributed by atoms with van der Waals surface area (Å²) in [5.74, 6) is 1.41. The Morgan fingerprint density at radius 1 is 1.00 bits per heavy atom. The van der Waals surface area contributed by atoms with Crippen molar-refractivity contribution in [3.8, 4) is 17.2 Å². The maximum absolute atomic E-state index is 14.7. The molecule has 0 aromatic heterocycles. The molecule has 0 spiro atoms. The van der Waals surface area contributed by atoms with Crippen LogP contribution in [-0.4, -0.2) is 68.3 Å². The molecule has 0 aliphatic carbocycles. The topological polar surface area (TPSA) is 113 Å². The first kappa shape index (κ1) is 32.8. The van der Waals surface area contributed by atoms with Gasteiger partial charge in [-0.15, -0.1) is 0 Å². The van der Waals surface area contributed by atoms with E-state index in [-0.39, 0.29) is 13.0 Å². The minimum Gasteiger partial charge on any atom is -0.493 e. The number of carbonyl (C=O) groups is 3. The van der Waals surface area contributed by atoms with Crippen molar-refractivity contribution < 1.29 is 38.1 Å². The van der Waals surface area contributed by atoms with Gasteiger partial charge in [0.1, 0.15) is 23.7 Å². The van der Waals surface area contributed by atoms with E-state index < -0.39 is 35.7 Å². The molecule has 0 fully saturated rings. The van der Waals surface area contributed by atoms with Crippen LogP contribution >= 0.6 is 0 Å². The number of nitrogens with one attached hydrogen (secondary N) is 1. The summed E-state index contributed by atoms with van der Waals surface area (Å²) in [4.78, 5) is 42.1. The van der Waals surface area contributed by atoms with Gasteiger partial charge in [-0.25, -0.2) is 4.79 Å². The summed E-state index contributed by atoms with van der Waals surface area (Å²) in [6, 6.07) is 16.7. The zero-order valence-electron chi connectivity index (χ0n) is 27.0. The van der Waals surface area contributed by atoms with E-state index in [1.54, 1.807) is 44.9 Å². The van der Waals surface area contributed by atoms with E-state index in [1.807, 2.05) is 42.5 Å². The number of aldehydes is 1. The van der Waals surface area contributed by atoms with E-state index in [2.05, 4.69) is 11.4 Å². The summed E-state index contributed by atoms with van der Waals surface area (Å²) in [5.41, 5.74) is 3.82. The van der Waals surface area contributed by atoms with Gasteiger partial charge in [-0.1, -0.05) is 36.4 Å². The van der Waals surface area contributed by atoms with Gasteiger partial charge in [0.05, 0.1) is 46.1 Å². The van der Waals surface area contributed by atoms with E-state index in [0.717, 1.165) is 46.3 Å². The number of fused-ring (bicyclic) bond motifs is 2. The Morgan fingerprint density at radius 3 is 2.46 bits per heavy atom. The highest BCUT2D eigenvalue weighted by molar-refractivity contribution is 5.89. The molecule has 3 atom stereocenters. The normalized spacial score (nSPS) is 17.6. The standard InChI is InChI=1S/C36H42N2O8/c1-36(2,3)46-35(41)37-29(15-24-11-12-31(42-4)33(16-24)43-5)34(40)38-27(20-39)17-26-19-32-25(13-14-45-32)18-28(26)30(38)22-44-21-23-9-7-6-8-10-23/h6-12,16,18-20,27,29-30H,13-15,17,21-22H2,1-5H3,(H,37,41)/t27-,29-,30?/m0/s1. The van der Waals surface area contributed by atoms with Gasteiger partial charge in [-0.3, -0.25) is 4.79 Å². The predicted molar refractivity (Wildman–Crippen MR) is 171 cm³/mol. The minimum atomic E-state index is -1.06. The molecular formula is C36H42N2O8. The lowest BCUT2D eigenvalue weighted by Gasteiger charge is -2.43. The van der Waals surface area contributed by atoms with Crippen molar-refractivity contribution >= 4 is 18.3 Å². The summed E-state index contributed by atoms with van der Waals surface area (Å²) in [5, 5.41) is 2.80. The molecular weight excluding hydrogens is 588 g/mol. The number of alkyl carbamates (subject to hydrolysis) is 1. The average molecular weight is 631 g/mol. The Bertz CT molecular complexity index is 1550. The molecule has 10 nitrogen and oxygen atoms in total. The van der Waals surface area contributed by atoms with Crippen LogP contribution in [-0.2, 0) is 44.9 Å². The third-order valence-corrected chi connectivity index (χ3v) is 8.11. The molecule has 0 radical (unpaired) electrons. The Kier molecular flexibility index (Phi) is 10.2. The van der Waals surface area contributed by atoms with Crippen LogP contribution in [0.3, 0.4) is 0 Å². The Balaban J connectivity index is 1.51. The number of amides is 2. The number of hydrogen-bond donors (Lipinski definition) is 1. The summed E-state index contributed by atoms with van der Waals surface area (Å²) < 4.78 is 28.5. The molecule has 244 valence electrons. The van der Waals surface area contributed by atoms with Crippen molar-refractivity contribution in [3.63, 3.8) is 0 Å². The summed E-state index contributed by atoms with van der Waals surface area (Å²) in [6.07, 6.45) is 1.24. The van der Waals surface area contributed by atoms with Crippen molar-refractivity contribution in [2.24, 2.45) is 0 Å². The van der Waals surface area contributed by atoms with Gasteiger partial charge >= 0.3 is 6.09 Å². The average Bonchev–Trinajstić information content (AvgIpc) is 3.49. The molecule has 5 rings (SSSR count). The zero-order chi connectivity index (χ0) is 32.8. The highest BCUT2D eigenvalue weighted by Crippen LogP contribution is 2.39. The molecule has 0 bridgehead atoms. The number of benzene rings is 3. The lowest BCUT2D eigenvalue weighted by Crippen LogP contribution is -2.57. The van der Waals surface area contributed by atoms with Crippen LogP contribution in [0.4, 0.5) is 4.79 Å². The lowest BCUT2D eigenvalue weighted by molar-refractivity contribution is -0.144. The number of carbonyl (C=O) groups excluding carboxylic acids is 3. The molecule has 2 aliphatic rings. The maximum atomic E-state index is 14.7. The summed E-state index contributed by atoms with van der Waals surface area (Å²) in [6.45, 7) is 6.32. The molecule has 10 heteroatoms. The number of hydrogen-bond acceptors (Lipinski definition) is 8. The van der Waals surface area contributed by atoms with Gasteiger partial charge in [-0.05, 0) is 72.9 Å². The maximum Gasteiger partial charge on any atom is 0.408 e. The van der Waals surface area contributed by atoms with E-state index in [1.165, 1.54) is 7.11 Å². The van der Waals surface area contributed by atoms with Gasteiger partial charge in [0, 0.05) is 19.3 Å². The largest absolute Gasteiger partial charge is 0.493 e. The van der Waals surface area contributed by atoms with Crippen LogP contribution in [0.2, 0.25) is 0 Å². The second-order valence-electron chi connectivity index (χ2n) is 12.5. The Morgan fingerprint density at radius 2 is 1.76 bits per heavy atom. The lowest BCUT2D eigenvalue weighted by atomic mass is 9.86. The van der Waals surface area contributed by atoms with Crippen molar-refractivity contribution in [1.29, 1.82) is 0 Å². The van der Waals surface area contributed by atoms with Gasteiger partial charge in [0.2, 0.25) is 5.91 Å². The molecule has 3 aromatic carbocycles. The van der Waals surface area contributed by atoms with Crippen LogP contribution < -0.4 is 19.5 Å². The molecule has 1 N–H and O–H groups in total. The van der Waals surface area contributed by atoms with Crippen LogP contribution in [0.25, 0.3) is 0 Å². The molecule has 2 aliphatic heterocycles. The number of nitrogens with zero attached hydrogens (tertiary/aromatic N) is 1. The second-order valence-corrected chi connectivity index (χ2v) is 12.5. The van der Waals surface area contributed by atoms with Crippen LogP contribution in [0.5, 0.6) is 17.2 Å². The van der Waals surface area contributed by atoms with E-state index in [9.17, 15) is 14.4 Å². The molecule has 1 unspecified atom stereocenters. The van der Waals surface area contributed by atoms with Crippen molar-refractivity contribution in [2.75, 3.05) is 27.4 Å². The highest BCUT2D eigenvalue weighted by Gasteiger charge is 2.42. The second kappa shape index (κ2) is 14.2. The van der Waals surface area contributed by atoms with Crippen LogP contribution in [0, 0.1) is 0 Å². The minimum absolute atomic E-state index is 0.114. The quantitative estimate of drug-likeness (QED) is 0.295. The predicted octanol–water partition coefficient (Wildman–Crippen LogP) is 4.98. The fraction of sp³-hybridized carbons (Fsp3) is 0.417. The molecule has 3 aromatic rings. The van der Waals surface area contributed by atoms with E-state index in [0.29, 0.717) is 31.1 Å². The monoisotopic (exact) mass is 630 g/mol. The first-order valence-electron chi connectivity index (χ1n) is 15.5. The van der Waals surface area contributed by atoms with Gasteiger partial charge in [0.25, 0.3) is 0 Å². The number of methoxy groups -OCH3 is 2. The van der Waals surface area contributed by atoms with Gasteiger partial charge < -0.3 is 38.7 Å². The third kappa shape index (κ3) is 7.62. The molecule has 46 heavy (non-hydrogen) atoms. The smallest absolute Gasteiger partial charge is 0.408 e. The molecule has 0 saturated carbocycles. The first-order chi connectivity index (χ1) is 22.1. The molecule has 2 amide bonds. The van der Waals surface area contributed by atoms with Crippen LogP contribution in [0.15, 0.2) is 60.7 Å².